The molecule has 1 aromatic heterocycles. The molecule has 5 nitrogen and oxygen atoms in total. The van der Waals surface area contributed by atoms with Crippen molar-refractivity contribution >= 4 is 11.6 Å². The summed E-state index contributed by atoms with van der Waals surface area (Å²) in [5.74, 6) is -0.466. The number of nitrogens with zero attached hydrogens (tertiary/aromatic N) is 3. The van der Waals surface area contributed by atoms with Crippen LogP contribution in [0.1, 0.15) is 42.5 Å². The number of piperazine rings is 1. The van der Waals surface area contributed by atoms with Crippen molar-refractivity contribution in [1.29, 1.82) is 0 Å². The summed E-state index contributed by atoms with van der Waals surface area (Å²) in [6.07, 6.45) is 3.16. The Morgan fingerprint density at radius 2 is 1.94 bits per heavy atom. The fourth-order valence-corrected chi connectivity index (χ4v) is 5.91. The zero-order valence-corrected chi connectivity index (χ0v) is 19.2. The van der Waals surface area contributed by atoms with Gasteiger partial charge in [0.1, 0.15) is 0 Å². The first-order chi connectivity index (χ1) is 16.4. The average Bonchev–Trinajstić information content (AvgIpc) is 3.38. The molecule has 1 aliphatic carbocycles. The number of rotatable bonds is 5. The summed E-state index contributed by atoms with van der Waals surface area (Å²) in [4.78, 5) is 22.4. The van der Waals surface area contributed by atoms with Crippen LogP contribution in [0.25, 0.3) is 0 Å². The van der Waals surface area contributed by atoms with Crippen molar-refractivity contribution in [1.82, 2.24) is 15.2 Å². The van der Waals surface area contributed by atoms with Crippen LogP contribution >= 0.6 is 0 Å². The Labute approximate surface area is 198 Å². The van der Waals surface area contributed by atoms with E-state index in [0.717, 1.165) is 31.0 Å². The number of benzene rings is 1. The largest absolute Gasteiger partial charge is 0.416 e. The molecule has 8 heteroatoms. The average molecular weight is 473 g/mol. The summed E-state index contributed by atoms with van der Waals surface area (Å²) in [6.45, 7) is 2.86. The van der Waals surface area contributed by atoms with Crippen LogP contribution < -0.4 is 10.2 Å². The van der Waals surface area contributed by atoms with E-state index in [1.54, 1.807) is 12.3 Å². The number of aromatic nitrogens is 1. The summed E-state index contributed by atoms with van der Waals surface area (Å²) < 4.78 is 40.2. The Bertz CT molecular complexity index is 1010. The maximum absolute atomic E-state index is 13.4. The van der Waals surface area contributed by atoms with Gasteiger partial charge >= 0.3 is 6.18 Å². The number of fused-ring (bicyclic) bond motifs is 3. The van der Waals surface area contributed by atoms with E-state index in [2.05, 4.69) is 20.1 Å². The molecule has 1 N–H and O–H groups in total. The first kappa shape index (κ1) is 23.1. The highest BCUT2D eigenvalue weighted by atomic mass is 19.4. The number of nitrogens with one attached hydrogen (secondary N) is 1. The molecule has 2 fully saturated rings. The van der Waals surface area contributed by atoms with E-state index in [-0.39, 0.29) is 17.9 Å². The molecule has 1 aromatic carbocycles. The molecule has 0 radical (unpaired) electrons. The van der Waals surface area contributed by atoms with Gasteiger partial charge in [-0.2, -0.15) is 13.2 Å². The lowest BCUT2D eigenvalue weighted by Crippen LogP contribution is -2.62. The fourth-order valence-electron chi connectivity index (χ4n) is 5.91. The van der Waals surface area contributed by atoms with Crippen LogP contribution in [0.3, 0.4) is 0 Å². The SMILES string of the molecule is O=C(NCCc1ccccn1)C1Cc2cc(C(F)(F)F)ccc2N2CCN(C3CCCC3)CC12. The van der Waals surface area contributed by atoms with Crippen LogP contribution in [0.2, 0.25) is 0 Å². The molecule has 2 aliphatic heterocycles. The summed E-state index contributed by atoms with van der Waals surface area (Å²) in [6, 6.07) is 10.2. The van der Waals surface area contributed by atoms with Gasteiger partial charge in [0, 0.05) is 56.2 Å². The second-order valence-electron chi connectivity index (χ2n) is 9.71. The van der Waals surface area contributed by atoms with E-state index in [1.807, 2.05) is 18.2 Å². The van der Waals surface area contributed by atoms with Crippen LogP contribution in [-0.4, -0.2) is 54.1 Å². The van der Waals surface area contributed by atoms with Gasteiger partial charge in [0.15, 0.2) is 0 Å². The van der Waals surface area contributed by atoms with Gasteiger partial charge in [0.25, 0.3) is 0 Å². The number of hydrogen-bond acceptors (Lipinski definition) is 4. The van der Waals surface area contributed by atoms with Gasteiger partial charge < -0.3 is 10.2 Å². The molecule has 2 aromatic rings. The molecule has 2 atom stereocenters. The molecule has 1 amide bonds. The highest BCUT2D eigenvalue weighted by Crippen LogP contribution is 2.40. The lowest BCUT2D eigenvalue weighted by Gasteiger charge is -2.50. The van der Waals surface area contributed by atoms with Gasteiger partial charge in [-0.25, -0.2) is 0 Å². The summed E-state index contributed by atoms with van der Waals surface area (Å²) >= 11 is 0. The molecule has 2 unspecified atom stereocenters. The Hall–Kier alpha value is -2.61. The maximum Gasteiger partial charge on any atom is 0.416 e. The Kier molecular flexibility index (Phi) is 6.51. The van der Waals surface area contributed by atoms with Crippen molar-refractivity contribution in [3.05, 3.63) is 59.4 Å². The van der Waals surface area contributed by atoms with Crippen molar-refractivity contribution in [2.24, 2.45) is 5.92 Å². The molecule has 182 valence electrons. The number of halogens is 3. The minimum absolute atomic E-state index is 0.0339. The van der Waals surface area contributed by atoms with Gasteiger partial charge in [0.05, 0.1) is 17.5 Å². The number of hydrogen-bond donors (Lipinski definition) is 1. The number of carbonyl (C=O) groups is 1. The molecular formula is C26H31F3N4O. The lowest BCUT2D eigenvalue weighted by atomic mass is 9.82. The summed E-state index contributed by atoms with van der Waals surface area (Å²) in [7, 11) is 0. The quantitative estimate of drug-likeness (QED) is 0.713. The van der Waals surface area contributed by atoms with Gasteiger partial charge in [-0.1, -0.05) is 18.9 Å². The number of alkyl halides is 3. The van der Waals surface area contributed by atoms with E-state index >= 15 is 0 Å². The number of anilines is 1. The predicted octanol–water partition coefficient (Wildman–Crippen LogP) is 4.06. The van der Waals surface area contributed by atoms with Crippen molar-refractivity contribution in [2.45, 2.75) is 56.8 Å². The van der Waals surface area contributed by atoms with Gasteiger partial charge in [-0.15, -0.1) is 0 Å². The molecule has 3 heterocycles. The highest BCUT2D eigenvalue weighted by molar-refractivity contribution is 5.82. The third-order valence-corrected chi connectivity index (χ3v) is 7.65. The monoisotopic (exact) mass is 472 g/mol. The van der Waals surface area contributed by atoms with Crippen LogP contribution in [0.4, 0.5) is 18.9 Å². The predicted molar refractivity (Wildman–Crippen MR) is 125 cm³/mol. The van der Waals surface area contributed by atoms with Gasteiger partial charge in [-0.05, 0) is 55.2 Å². The number of pyridine rings is 1. The Morgan fingerprint density at radius 1 is 1.12 bits per heavy atom. The Morgan fingerprint density at radius 3 is 2.68 bits per heavy atom. The summed E-state index contributed by atoms with van der Waals surface area (Å²) in [5.41, 5.74) is 1.72. The third kappa shape index (κ3) is 4.78. The lowest BCUT2D eigenvalue weighted by molar-refractivity contribution is -0.137. The zero-order valence-electron chi connectivity index (χ0n) is 19.2. The maximum atomic E-state index is 13.4. The van der Waals surface area contributed by atoms with Crippen molar-refractivity contribution in [3.8, 4) is 0 Å². The van der Waals surface area contributed by atoms with Crippen LogP contribution in [0, 0.1) is 5.92 Å². The minimum atomic E-state index is -4.40. The zero-order chi connectivity index (χ0) is 23.7. The molecule has 34 heavy (non-hydrogen) atoms. The summed E-state index contributed by atoms with van der Waals surface area (Å²) in [5, 5.41) is 3.05. The standard InChI is InChI=1S/C26H31F3N4O/c27-26(28,29)19-8-9-23-18(15-19)16-22(25(34)31-12-10-20-5-3-4-11-30-20)24-17-32(13-14-33(23)24)21-6-1-2-7-21/h3-5,8-9,11,15,21-22,24H,1-2,6-7,10,12-14,16-17H2,(H,31,34). The number of amides is 1. The minimum Gasteiger partial charge on any atom is -0.365 e. The molecule has 1 saturated heterocycles. The van der Waals surface area contributed by atoms with E-state index in [1.165, 1.54) is 37.8 Å². The topological polar surface area (TPSA) is 48.5 Å². The van der Waals surface area contributed by atoms with E-state index in [0.29, 0.717) is 31.0 Å². The number of carbonyl (C=O) groups excluding carboxylic acids is 1. The molecule has 3 aliphatic rings. The second kappa shape index (κ2) is 9.56. The van der Waals surface area contributed by atoms with Crippen molar-refractivity contribution in [3.63, 3.8) is 0 Å². The van der Waals surface area contributed by atoms with Gasteiger partial charge in [0.2, 0.25) is 5.91 Å². The molecule has 0 bridgehead atoms. The smallest absolute Gasteiger partial charge is 0.365 e. The fraction of sp³-hybridized carbons (Fsp3) is 0.538. The molecule has 0 spiro atoms. The van der Waals surface area contributed by atoms with Gasteiger partial charge in [-0.3, -0.25) is 14.7 Å². The first-order valence-electron chi connectivity index (χ1n) is 12.3. The molecule has 1 saturated carbocycles. The first-order valence-corrected chi connectivity index (χ1v) is 12.3. The normalized spacial score (nSPS) is 23.4. The highest BCUT2D eigenvalue weighted by Gasteiger charge is 2.43. The van der Waals surface area contributed by atoms with E-state index < -0.39 is 11.7 Å². The van der Waals surface area contributed by atoms with Crippen molar-refractivity contribution < 1.29 is 18.0 Å². The molecular weight excluding hydrogens is 441 g/mol. The van der Waals surface area contributed by atoms with E-state index in [4.69, 9.17) is 0 Å². The van der Waals surface area contributed by atoms with E-state index in [9.17, 15) is 18.0 Å². The van der Waals surface area contributed by atoms with Crippen LogP contribution in [0.5, 0.6) is 0 Å². The third-order valence-electron chi connectivity index (χ3n) is 7.65. The van der Waals surface area contributed by atoms with Crippen LogP contribution in [-0.2, 0) is 23.8 Å². The van der Waals surface area contributed by atoms with Crippen LogP contribution in [0.15, 0.2) is 42.6 Å². The second-order valence-corrected chi connectivity index (χ2v) is 9.71. The Balaban J connectivity index is 1.37. The van der Waals surface area contributed by atoms with Crippen molar-refractivity contribution in [2.75, 3.05) is 31.1 Å². The molecule has 5 rings (SSSR count).